The second kappa shape index (κ2) is 46.5. The Balaban J connectivity index is 0.000000525. The fraction of sp³-hybridized carbons (Fsp3) is 1.00. The maximum atomic E-state index is 2.46. The quantitative estimate of drug-likeness (QED) is 0.263. The third-order valence-corrected chi connectivity index (χ3v) is 29.0. The van der Waals surface area contributed by atoms with E-state index in [0.717, 1.165) is 22.7 Å². The largest absolute Gasteiger partial charge is 0.0649 e. The van der Waals surface area contributed by atoms with E-state index < -0.39 is 0 Å². The van der Waals surface area contributed by atoms with Crippen LogP contribution in [-0.2, 0) is 0 Å². The van der Waals surface area contributed by atoms with Crippen LogP contribution >= 0.6 is 0 Å². The van der Waals surface area contributed by atoms with Gasteiger partial charge >= 0.3 is 0 Å². The Morgan fingerprint density at radius 2 is 0.344 bits per heavy atom. The highest BCUT2D eigenvalue weighted by molar-refractivity contribution is 4.91. The molecule has 0 amide bonds. The number of rotatable bonds is 4. The molecule has 0 N–H and O–H groups in total. The van der Waals surface area contributed by atoms with Gasteiger partial charge in [0, 0.05) is 0 Å². The Kier molecular flexibility index (Phi) is 45.5. The van der Waals surface area contributed by atoms with Crippen LogP contribution in [0.25, 0.3) is 0 Å². The van der Waals surface area contributed by atoms with E-state index in [0.29, 0.717) is 48.7 Å². The molecule has 9 saturated carbocycles. The average Bonchev–Trinajstić information content (AvgIpc) is 1.78. The zero-order valence-electron chi connectivity index (χ0n) is 70.3. The molecule has 93 heavy (non-hydrogen) atoms. The summed E-state index contributed by atoms with van der Waals surface area (Å²) in [6.07, 6.45) is 82.0. The molecule has 0 saturated heterocycles. The number of hydrogen-bond donors (Lipinski definition) is 0. The lowest BCUT2D eigenvalue weighted by Gasteiger charge is -2.45. The smallest absolute Gasteiger partial charge is 0.0277 e. The SMILES string of the molecule is CC(C)(C)C1(C)CCCC1.CC(C)(C)C1(C)CCCCC1.CC(C)C1(C)CCCC1.CC(C)C1(C)CCCCC1.CC1(C)CCCCCCC1.CC1(C)CCCCCCCCC1.CC1(C)CCCCCCCCCCC1.CCC1(C)CCCC1.CCC1(C)CCCCC1. The van der Waals surface area contributed by atoms with Gasteiger partial charge < -0.3 is 0 Å². The summed E-state index contributed by atoms with van der Waals surface area (Å²) in [6, 6.07) is 0. The van der Waals surface area contributed by atoms with Crippen LogP contribution in [0.4, 0.5) is 0 Å². The molecular formula is C93H186. The first kappa shape index (κ1) is 91.0. The monoisotopic (exact) mass is 1300 g/mol. The summed E-state index contributed by atoms with van der Waals surface area (Å²) in [6.45, 7) is 57.6. The van der Waals surface area contributed by atoms with Crippen LogP contribution in [0, 0.1) is 71.4 Å². The molecule has 9 rings (SSSR count). The van der Waals surface area contributed by atoms with Crippen molar-refractivity contribution < 1.29 is 0 Å². The minimum Gasteiger partial charge on any atom is -0.0649 e. The topological polar surface area (TPSA) is 0 Å². The molecule has 0 radical (unpaired) electrons. The molecule has 0 aromatic rings. The van der Waals surface area contributed by atoms with Crippen molar-refractivity contribution in [3.63, 3.8) is 0 Å². The zero-order valence-corrected chi connectivity index (χ0v) is 70.3. The zero-order chi connectivity index (χ0) is 70.3. The highest BCUT2D eigenvalue weighted by Crippen LogP contribution is 2.51. The first-order chi connectivity index (χ1) is 43.4. The van der Waals surface area contributed by atoms with Crippen LogP contribution in [0.3, 0.4) is 0 Å². The van der Waals surface area contributed by atoms with Gasteiger partial charge in [-0.15, -0.1) is 0 Å². The molecule has 0 heterocycles. The van der Waals surface area contributed by atoms with Crippen LogP contribution in [0.15, 0.2) is 0 Å². The van der Waals surface area contributed by atoms with Gasteiger partial charge in [-0.25, -0.2) is 0 Å². The lowest BCUT2D eigenvalue weighted by atomic mass is 9.61. The third-order valence-electron chi connectivity index (χ3n) is 29.0. The van der Waals surface area contributed by atoms with E-state index in [4.69, 9.17) is 0 Å². The van der Waals surface area contributed by atoms with E-state index in [9.17, 15) is 0 Å². The fourth-order valence-corrected chi connectivity index (χ4v) is 17.7. The van der Waals surface area contributed by atoms with Gasteiger partial charge in [-0.05, 0) is 187 Å². The van der Waals surface area contributed by atoms with Gasteiger partial charge in [0.1, 0.15) is 0 Å². The third kappa shape index (κ3) is 40.9. The molecule has 0 bridgehead atoms. The highest BCUT2D eigenvalue weighted by atomic mass is 14.5. The van der Waals surface area contributed by atoms with E-state index in [1.165, 1.54) is 360 Å². The Morgan fingerprint density at radius 3 is 0.505 bits per heavy atom. The first-order valence-corrected chi connectivity index (χ1v) is 43.4. The Morgan fingerprint density at radius 1 is 0.204 bits per heavy atom. The Labute approximate surface area is 593 Å². The second-order valence-electron chi connectivity index (χ2n) is 41.3. The van der Waals surface area contributed by atoms with Crippen LogP contribution in [0.5, 0.6) is 0 Å². The Bertz CT molecular complexity index is 1670. The molecule has 9 fully saturated rings. The molecule has 0 aromatic heterocycles. The van der Waals surface area contributed by atoms with E-state index >= 15 is 0 Å². The lowest BCUT2D eigenvalue weighted by molar-refractivity contribution is 0.0601. The van der Waals surface area contributed by atoms with Gasteiger partial charge in [-0.3, -0.25) is 0 Å². The minimum absolute atomic E-state index is 0.507. The van der Waals surface area contributed by atoms with Crippen molar-refractivity contribution in [3.05, 3.63) is 0 Å². The van der Waals surface area contributed by atoms with E-state index in [1.807, 2.05) is 0 Å². The minimum atomic E-state index is 0.507. The summed E-state index contributed by atoms with van der Waals surface area (Å²) < 4.78 is 0. The van der Waals surface area contributed by atoms with Crippen molar-refractivity contribution in [2.75, 3.05) is 0 Å². The van der Waals surface area contributed by atoms with Crippen molar-refractivity contribution >= 4 is 0 Å². The van der Waals surface area contributed by atoms with Crippen LogP contribution < -0.4 is 0 Å². The van der Waals surface area contributed by atoms with Gasteiger partial charge in [0.2, 0.25) is 0 Å². The normalized spacial score (nSPS) is 25.9. The van der Waals surface area contributed by atoms with Crippen molar-refractivity contribution in [1.29, 1.82) is 0 Å². The summed E-state index contributed by atoms with van der Waals surface area (Å²) >= 11 is 0. The molecule has 0 aromatic carbocycles. The average molecular weight is 1300 g/mol. The highest BCUT2D eigenvalue weighted by Gasteiger charge is 2.40. The standard InChI is InChI=1S/C14H28.C12H24.C11H22.3C10H20.2C9H18.C8H16/c1-14(2)12-10-8-6-4-3-5-7-9-11-13-14;1-12(2)10-8-6-4-3-5-7-9-11-12;1-10(2,3)11(4)8-6-5-7-9-11;1-9(2,3)10(4)7-5-6-8-10;1-9(2)10(3)7-5-4-6-8-10;1-10(2)8-6-4-3-5-7-9-10;1-8(2)9(3)6-4-5-7-9;1-3-9(2)7-5-4-6-8-9;1-3-8(2)6-4-5-7-8/h3-13H2,1-2H3;3-11H2,1-2H3;5-9H2,1-4H3;5-8H2,1-4H3;9H,4-8H2,1-3H3;3-9H2,1-2H3;8H,4-7H2,1-3H3;3-8H2,1-2H3;3-7H2,1-2H3. The maximum absolute atomic E-state index is 2.46. The summed E-state index contributed by atoms with van der Waals surface area (Å²) in [5, 5.41) is 0. The van der Waals surface area contributed by atoms with Gasteiger partial charge in [0.15, 0.2) is 0 Å². The van der Waals surface area contributed by atoms with Crippen LogP contribution in [0.2, 0.25) is 0 Å². The summed E-state index contributed by atoms with van der Waals surface area (Å²) in [5.41, 5.74) is 7.02. The van der Waals surface area contributed by atoms with Crippen molar-refractivity contribution in [2.45, 2.75) is 526 Å². The molecule has 9 aliphatic rings. The summed E-state index contributed by atoms with van der Waals surface area (Å²) in [7, 11) is 0. The van der Waals surface area contributed by atoms with E-state index in [2.05, 4.69) is 166 Å². The molecule has 0 heteroatoms. The second-order valence-corrected chi connectivity index (χ2v) is 41.3. The van der Waals surface area contributed by atoms with E-state index in [-0.39, 0.29) is 0 Å². The van der Waals surface area contributed by atoms with Crippen LogP contribution in [0.1, 0.15) is 526 Å². The molecule has 0 aliphatic heterocycles. The van der Waals surface area contributed by atoms with Crippen molar-refractivity contribution in [3.8, 4) is 0 Å². The molecular weight excluding hydrogens is 1120 g/mol. The Hall–Kier alpha value is 0. The predicted octanol–water partition coefficient (Wildman–Crippen LogP) is 34.4. The molecule has 0 spiro atoms. The van der Waals surface area contributed by atoms with Gasteiger partial charge in [-0.1, -0.05) is 410 Å². The molecule has 0 nitrogen and oxygen atoms in total. The molecule has 9 aliphatic carbocycles. The molecule has 0 unspecified atom stereocenters. The van der Waals surface area contributed by atoms with Crippen molar-refractivity contribution in [1.82, 2.24) is 0 Å². The number of hydrogen-bond acceptors (Lipinski definition) is 0. The summed E-state index contributed by atoms with van der Waals surface area (Å²) in [4.78, 5) is 0. The lowest BCUT2D eigenvalue weighted by Crippen LogP contribution is -2.34. The maximum Gasteiger partial charge on any atom is -0.0277 e. The fourth-order valence-electron chi connectivity index (χ4n) is 17.7. The first-order valence-electron chi connectivity index (χ1n) is 43.4. The van der Waals surface area contributed by atoms with Crippen LogP contribution in [-0.4, -0.2) is 0 Å². The predicted molar refractivity (Wildman–Crippen MR) is 428 cm³/mol. The van der Waals surface area contributed by atoms with E-state index in [1.54, 1.807) is 0 Å². The van der Waals surface area contributed by atoms with Gasteiger partial charge in [0.05, 0.1) is 0 Å². The van der Waals surface area contributed by atoms with Crippen molar-refractivity contribution in [2.24, 2.45) is 71.4 Å². The molecule has 558 valence electrons. The summed E-state index contributed by atoms with van der Waals surface area (Å²) in [5.74, 6) is 1.77. The molecule has 0 atom stereocenters. The van der Waals surface area contributed by atoms with Gasteiger partial charge in [0.25, 0.3) is 0 Å². The van der Waals surface area contributed by atoms with Gasteiger partial charge in [-0.2, -0.15) is 0 Å².